The Bertz CT molecular complexity index is 1140. The fourth-order valence-electron chi connectivity index (χ4n) is 4.91. The van der Waals surface area contributed by atoms with Gasteiger partial charge in [0.1, 0.15) is 43.2 Å². The van der Waals surface area contributed by atoms with Crippen molar-refractivity contribution in [3.05, 3.63) is 0 Å². The van der Waals surface area contributed by atoms with E-state index in [1.807, 2.05) is 0 Å². The number of carbonyl (C=O) groups is 6. The summed E-state index contributed by atoms with van der Waals surface area (Å²) in [5.41, 5.74) is 0. The topological polar surface area (TPSA) is 313 Å². The lowest BCUT2D eigenvalue weighted by atomic mass is 10.0. The Morgan fingerprint density at radius 2 is 1.14 bits per heavy atom. The predicted molar refractivity (Wildman–Crippen MR) is 159 cm³/mol. The predicted octanol–water partition coefficient (Wildman–Crippen LogP) is -7.07. The summed E-state index contributed by atoms with van der Waals surface area (Å²) >= 11 is 0. The molecule has 0 aliphatic carbocycles. The summed E-state index contributed by atoms with van der Waals surface area (Å²) in [5, 5.41) is 67.6. The summed E-state index contributed by atoms with van der Waals surface area (Å²) < 4.78 is 20.5. The molecule has 3 heterocycles. The van der Waals surface area contributed by atoms with Crippen molar-refractivity contribution in [2.75, 3.05) is 52.4 Å². The van der Waals surface area contributed by atoms with Crippen molar-refractivity contribution >= 4 is 35.6 Å². The van der Waals surface area contributed by atoms with E-state index in [1.165, 1.54) is 13.8 Å². The fraction of sp³-hybridized carbons (Fsp3) is 0.786. The van der Waals surface area contributed by atoms with Crippen LogP contribution < -0.4 is 16.0 Å². The number of esters is 2. The van der Waals surface area contributed by atoms with Crippen LogP contribution in [0, 0.1) is 0 Å². The smallest absolute Gasteiger partial charge is 0.352 e. The lowest BCUT2D eigenvalue weighted by Crippen LogP contribution is -2.58. The Morgan fingerprint density at radius 1 is 0.700 bits per heavy atom. The molecule has 10 atom stereocenters. The van der Waals surface area contributed by atoms with Crippen molar-refractivity contribution in [1.82, 2.24) is 25.9 Å². The van der Waals surface area contributed by atoms with Crippen molar-refractivity contribution in [2.24, 2.45) is 0 Å². The zero-order chi connectivity index (χ0) is 37.1. The maximum absolute atomic E-state index is 12.6. The van der Waals surface area contributed by atoms with Gasteiger partial charge in [-0.25, -0.2) is 4.79 Å². The molecule has 3 aliphatic rings. The third-order valence-electron chi connectivity index (χ3n) is 7.86. The van der Waals surface area contributed by atoms with Crippen LogP contribution in [-0.2, 0) is 52.6 Å². The lowest BCUT2D eigenvalue weighted by Gasteiger charge is -2.38. The monoisotopic (exact) mass is 723 g/mol. The van der Waals surface area contributed by atoms with Gasteiger partial charge < -0.3 is 70.4 Å². The third-order valence-corrected chi connectivity index (χ3v) is 7.86. The normalized spacial score (nSPS) is 31.4. The minimum absolute atomic E-state index is 0.0980. The summed E-state index contributed by atoms with van der Waals surface area (Å²) in [7, 11) is 0. The van der Waals surface area contributed by atoms with E-state index in [2.05, 4.69) is 16.0 Å². The zero-order valence-electron chi connectivity index (χ0n) is 27.4. The van der Waals surface area contributed by atoms with E-state index in [1.54, 1.807) is 4.90 Å². The molecule has 0 aromatic carbocycles. The second kappa shape index (κ2) is 19.3. The Hall–Kier alpha value is -3.42. The van der Waals surface area contributed by atoms with Gasteiger partial charge in [-0.3, -0.25) is 28.9 Å². The molecule has 0 radical (unpaired) electrons. The molecule has 50 heavy (non-hydrogen) atoms. The molecule has 3 fully saturated rings. The molecule has 0 aromatic rings. The molecule has 3 aliphatic heterocycles. The van der Waals surface area contributed by atoms with E-state index in [0.29, 0.717) is 5.06 Å². The molecule has 0 spiro atoms. The Labute approximate surface area is 285 Å². The number of imide groups is 1. The number of rotatable bonds is 17. The minimum Gasteiger partial charge on any atom is -0.432 e. The number of hydrogen-bond acceptors (Lipinski definition) is 20. The Balaban J connectivity index is 1.45. The first kappa shape index (κ1) is 41.0. The number of amides is 3. The molecule has 3 saturated heterocycles. The van der Waals surface area contributed by atoms with Gasteiger partial charge in [-0.15, -0.1) is 5.06 Å². The third kappa shape index (κ3) is 11.8. The van der Waals surface area contributed by atoms with Crippen LogP contribution in [0.2, 0.25) is 0 Å². The number of nitrogens with zero attached hydrogens (tertiary/aromatic N) is 2. The number of nitrogens with one attached hydrogen (secondary N) is 3. The molecule has 22 heteroatoms. The highest BCUT2D eigenvalue weighted by Crippen LogP contribution is 2.23. The SMILES string of the molecule is C[C@@H]1O[C@@H](OC(=O)CNCCN(CCNCC(=O)O[C@@H]2O[C@@H](C)[C@@H](O)[C@@H](O)[C@@H]2O)CC(=O)NCC(=O)ON2C(=O)CCC2=O)[C@@H](O)[C@H](O)[C@@H]1O. The molecule has 0 saturated carbocycles. The Morgan fingerprint density at radius 3 is 1.58 bits per heavy atom. The van der Waals surface area contributed by atoms with Crippen LogP contribution in [0.4, 0.5) is 0 Å². The first-order chi connectivity index (χ1) is 23.6. The van der Waals surface area contributed by atoms with Gasteiger partial charge in [-0.05, 0) is 13.8 Å². The maximum atomic E-state index is 12.6. The average Bonchev–Trinajstić information content (AvgIpc) is 3.38. The molecular weight excluding hydrogens is 678 g/mol. The largest absolute Gasteiger partial charge is 0.432 e. The lowest BCUT2D eigenvalue weighted by molar-refractivity contribution is -0.284. The van der Waals surface area contributed by atoms with Crippen molar-refractivity contribution in [1.29, 1.82) is 0 Å². The first-order valence-corrected chi connectivity index (χ1v) is 15.8. The van der Waals surface area contributed by atoms with Crippen LogP contribution in [-0.4, -0.2) is 190 Å². The van der Waals surface area contributed by atoms with Gasteiger partial charge in [-0.2, -0.15) is 0 Å². The Kier molecular flexibility index (Phi) is 15.8. The second-order valence-corrected chi connectivity index (χ2v) is 11.8. The van der Waals surface area contributed by atoms with E-state index in [0.717, 1.165) is 0 Å². The molecule has 9 N–H and O–H groups in total. The van der Waals surface area contributed by atoms with Gasteiger partial charge in [0.15, 0.2) is 0 Å². The highest BCUT2D eigenvalue weighted by Gasteiger charge is 2.45. The summed E-state index contributed by atoms with van der Waals surface area (Å²) in [6.45, 7) is 1.59. The summed E-state index contributed by atoms with van der Waals surface area (Å²) in [5.74, 6) is -4.79. The van der Waals surface area contributed by atoms with Gasteiger partial charge in [-0.1, -0.05) is 0 Å². The number of hydrogen-bond donors (Lipinski definition) is 9. The number of aliphatic hydroxyl groups excluding tert-OH is 6. The van der Waals surface area contributed by atoms with Crippen molar-refractivity contribution < 1.29 is 83.2 Å². The van der Waals surface area contributed by atoms with Crippen LogP contribution in [0.25, 0.3) is 0 Å². The van der Waals surface area contributed by atoms with Gasteiger partial charge in [0.25, 0.3) is 11.8 Å². The molecule has 284 valence electrons. The van der Waals surface area contributed by atoms with Gasteiger partial charge in [0.2, 0.25) is 18.5 Å². The van der Waals surface area contributed by atoms with Crippen molar-refractivity contribution in [3.8, 4) is 0 Å². The van der Waals surface area contributed by atoms with Gasteiger partial charge in [0, 0.05) is 39.0 Å². The zero-order valence-corrected chi connectivity index (χ0v) is 27.4. The van der Waals surface area contributed by atoms with Crippen LogP contribution >= 0.6 is 0 Å². The van der Waals surface area contributed by atoms with Crippen LogP contribution in [0.1, 0.15) is 26.7 Å². The van der Waals surface area contributed by atoms with Crippen LogP contribution in [0.15, 0.2) is 0 Å². The fourth-order valence-corrected chi connectivity index (χ4v) is 4.91. The highest BCUT2D eigenvalue weighted by molar-refractivity contribution is 6.01. The molecule has 3 rings (SSSR count). The van der Waals surface area contributed by atoms with Crippen molar-refractivity contribution in [3.63, 3.8) is 0 Å². The average molecular weight is 724 g/mol. The molecule has 0 bridgehead atoms. The van der Waals surface area contributed by atoms with Gasteiger partial charge in [0.05, 0.1) is 31.8 Å². The molecule has 0 aromatic heterocycles. The number of ether oxygens (including phenoxy) is 4. The summed E-state index contributed by atoms with van der Waals surface area (Å²) in [4.78, 5) is 78.8. The maximum Gasteiger partial charge on any atom is 0.352 e. The summed E-state index contributed by atoms with van der Waals surface area (Å²) in [6, 6.07) is 0. The van der Waals surface area contributed by atoms with E-state index in [9.17, 15) is 59.4 Å². The first-order valence-electron chi connectivity index (χ1n) is 15.8. The second-order valence-electron chi connectivity index (χ2n) is 11.8. The molecule has 3 amide bonds. The van der Waals surface area contributed by atoms with E-state index in [4.69, 9.17) is 23.8 Å². The van der Waals surface area contributed by atoms with Crippen LogP contribution in [0.5, 0.6) is 0 Å². The molecular formula is C28H45N5O17. The molecule has 0 unspecified atom stereocenters. The van der Waals surface area contributed by atoms with Gasteiger partial charge >= 0.3 is 17.9 Å². The standard InChI is InChI=1S/C28H45N5O17/c1-13-21(40)23(42)25(44)27(46-13)48-18(37)9-29-5-7-32(12-15(34)31-11-20(39)50-33-16(35)3-4-17(33)36)8-6-30-10-19(38)49-28-26(45)24(43)22(41)14(2)47-28/h13-14,21-30,40-45H,3-12H2,1-2H3,(H,31,34)/t13-,14-,21+,22+,23+,24+,25-,26-,27-,28-/m0/s1. The van der Waals surface area contributed by atoms with E-state index >= 15 is 0 Å². The summed E-state index contributed by atoms with van der Waals surface area (Å²) in [6.07, 6.45) is -14.4. The van der Waals surface area contributed by atoms with E-state index < -0.39 is 104 Å². The van der Waals surface area contributed by atoms with Crippen molar-refractivity contribution in [2.45, 2.75) is 88.1 Å². The highest BCUT2D eigenvalue weighted by atomic mass is 16.7. The number of hydroxylamine groups is 2. The van der Waals surface area contributed by atoms with E-state index in [-0.39, 0.29) is 58.7 Å². The van der Waals surface area contributed by atoms with Crippen LogP contribution in [0.3, 0.4) is 0 Å². The quantitative estimate of drug-likeness (QED) is 0.0382. The minimum atomic E-state index is -1.68. The number of aliphatic hydroxyl groups is 6. The molecule has 22 nitrogen and oxygen atoms in total. The number of carbonyl (C=O) groups excluding carboxylic acids is 6.